The second-order valence-electron chi connectivity index (χ2n) is 4.67. The van der Waals surface area contributed by atoms with Crippen LogP contribution in [-0.2, 0) is 0 Å². The molecule has 22 heavy (non-hydrogen) atoms. The molecule has 0 saturated carbocycles. The van der Waals surface area contributed by atoms with Crippen LogP contribution in [0.2, 0.25) is 5.02 Å². The van der Waals surface area contributed by atoms with Crippen molar-refractivity contribution in [3.8, 4) is 5.75 Å². The molecule has 0 aromatic heterocycles. The van der Waals surface area contributed by atoms with E-state index in [1.165, 1.54) is 0 Å². The highest BCUT2D eigenvalue weighted by Gasteiger charge is 2.05. The molecule has 4 nitrogen and oxygen atoms in total. The number of halogens is 1. The predicted molar refractivity (Wildman–Crippen MR) is 88.9 cm³/mol. The third-order valence-corrected chi connectivity index (χ3v) is 3.41. The number of hydrazone groups is 1. The Labute approximate surface area is 134 Å². The molecule has 2 aromatic carbocycles. The van der Waals surface area contributed by atoms with Gasteiger partial charge in [-0.05, 0) is 61.4 Å². The van der Waals surface area contributed by atoms with E-state index in [4.69, 9.17) is 16.3 Å². The first-order valence-corrected chi connectivity index (χ1v) is 7.30. The second-order valence-corrected chi connectivity index (χ2v) is 5.07. The number of rotatable bonds is 5. The monoisotopic (exact) mass is 316 g/mol. The van der Waals surface area contributed by atoms with Gasteiger partial charge in [-0.1, -0.05) is 17.7 Å². The second kappa shape index (κ2) is 7.61. The molecule has 5 heteroatoms. The molecule has 2 rings (SSSR count). The molecule has 2 aromatic rings. The van der Waals surface area contributed by atoms with E-state index in [1.807, 2.05) is 38.1 Å². The Bertz CT molecular complexity index is 682. The summed E-state index contributed by atoms with van der Waals surface area (Å²) in [6, 6.07) is 12.6. The number of aryl methyl sites for hydroxylation is 1. The first-order valence-electron chi connectivity index (χ1n) is 6.92. The lowest BCUT2D eigenvalue weighted by Gasteiger charge is -2.03. The van der Waals surface area contributed by atoms with Crippen LogP contribution in [0, 0.1) is 6.92 Å². The zero-order valence-corrected chi connectivity index (χ0v) is 13.2. The maximum absolute atomic E-state index is 11.9. The minimum atomic E-state index is -0.302. The fraction of sp³-hybridized carbons (Fsp3) is 0.176. The van der Waals surface area contributed by atoms with Crippen LogP contribution in [0.4, 0.5) is 0 Å². The summed E-state index contributed by atoms with van der Waals surface area (Å²) in [6.07, 6.45) is 1.57. The largest absolute Gasteiger partial charge is 0.494 e. The minimum Gasteiger partial charge on any atom is -0.494 e. The number of hydrogen-bond donors (Lipinski definition) is 1. The van der Waals surface area contributed by atoms with Gasteiger partial charge >= 0.3 is 0 Å². The Kier molecular flexibility index (Phi) is 5.55. The van der Waals surface area contributed by atoms with Crippen LogP contribution in [0.25, 0.3) is 0 Å². The summed E-state index contributed by atoms with van der Waals surface area (Å²) in [7, 11) is 0. The van der Waals surface area contributed by atoms with Crippen LogP contribution in [0.5, 0.6) is 5.75 Å². The smallest absolute Gasteiger partial charge is 0.271 e. The third-order valence-electron chi connectivity index (χ3n) is 3.00. The van der Waals surface area contributed by atoms with Gasteiger partial charge < -0.3 is 4.74 Å². The van der Waals surface area contributed by atoms with E-state index in [9.17, 15) is 4.79 Å². The van der Waals surface area contributed by atoms with Crippen molar-refractivity contribution in [3.05, 3.63) is 64.2 Å². The van der Waals surface area contributed by atoms with Gasteiger partial charge in [0.05, 0.1) is 12.8 Å². The van der Waals surface area contributed by atoms with E-state index in [2.05, 4.69) is 10.5 Å². The Morgan fingerprint density at radius 2 is 2.00 bits per heavy atom. The van der Waals surface area contributed by atoms with Crippen LogP contribution >= 0.6 is 11.6 Å². The number of carbonyl (C=O) groups is 1. The van der Waals surface area contributed by atoms with Gasteiger partial charge in [-0.2, -0.15) is 5.10 Å². The zero-order chi connectivity index (χ0) is 15.9. The summed E-state index contributed by atoms with van der Waals surface area (Å²) in [5, 5.41) is 4.50. The van der Waals surface area contributed by atoms with E-state index in [0.29, 0.717) is 17.2 Å². The number of nitrogens with zero attached hydrogens (tertiary/aromatic N) is 1. The molecule has 0 radical (unpaired) electrons. The zero-order valence-electron chi connectivity index (χ0n) is 12.5. The highest BCUT2D eigenvalue weighted by Crippen LogP contribution is 2.16. The van der Waals surface area contributed by atoms with Gasteiger partial charge in [0, 0.05) is 10.6 Å². The predicted octanol–water partition coefficient (Wildman–Crippen LogP) is 3.81. The SMILES string of the molecule is CCOc1ccc(/C=N/NC(=O)c2ccc(C)c(Cl)c2)cc1. The van der Waals surface area contributed by atoms with Crippen LogP contribution in [-0.4, -0.2) is 18.7 Å². The lowest BCUT2D eigenvalue weighted by molar-refractivity contribution is 0.0955. The van der Waals surface area contributed by atoms with E-state index < -0.39 is 0 Å². The molecule has 0 spiro atoms. The summed E-state index contributed by atoms with van der Waals surface area (Å²) in [6.45, 7) is 4.44. The quantitative estimate of drug-likeness (QED) is 0.673. The molecule has 0 aliphatic rings. The molecule has 1 N–H and O–H groups in total. The lowest BCUT2D eigenvalue weighted by Crippen LogP contribution is -2.17. The van der Waals surface area contributed by atoms with Crippen molar-refractivity contribution in [1.29, 1.82) is 0 Å². The van der Waals surface area contributed by atoms with Crippen LogP contribution in [0.3, 0.4) is 0 Å². The van der Waals surface area contributed by atoms with Crippen molar-refractivity contribution in [3.63, 3.8) is 0 Å². The lowest BCUT2D eigenvalue weighted by atomic mass is 10.1. The molecule has 0 saturated heterocycles. The van der Waals surface area contributed by atoms with Crippen molar-refractivity contribution in [1.82, 2.24) is 5.43 Å². The van der Waals surface area contributed by atoms with Crippen molar-refractivity contribution < 1.29 is 9.53 Å². The molecule has 114 valence electrons. The fourth-order valence-electron chi connectivity index (χ4n) is 1.78. The Hall–Kier alpha value is -2.33. The number of carbonyl (C=O) groups excluding carboxylic acids is 1. The van der Waals surface area contributed by atoms with Crippen molar-refractivity contribution in [2.75, 3.05) is 6.61 Å². The van der Waals surface area contributed by atoms with Crippen molar-refractivity contribution in [2.45, 2.75) is 13.8 Å². The first-order chi connectivity index (χ1) is 10.6. The van der Waals surface area contributed by atoms with Gasteiger partial charge in [-0.15, -0.1) is 0 Å². The van der Waals surface area contributed by atoms with Gasteiger partial charge in [0.1, 0.15) is 5.75 Å². The topological polar surface area (TPSA) is 50.7 Å². The normalized spacial score (nSPS) is 10.7. The number of nitrogens with one attached hydrogen (secondary N) is 1. The Morgan fingerprint density at radius 1 is 1.27 bits per heavy atom. The minimum absolute atomic E-state index is 0.302. The molecule has 0 unspecified atom stereocenters. The van der Waals surface area contributed by atoms with Crippen LogP contribution < -0.4 is 10.2 Å². The summed E-state index contributed by atoms with van der Waals surface area (Å²) >= 11 is 6.00. The highest BCUT2D eigenvalue weighted by molar-refractivity contribution is 6.31. The third kappa shape index (κ3) is 4.33. The molecule has 0 fully saturated rings. The average molecular weight is 317 g/mol. The van der Waals surface area contributed by atoms with Gasteiger partial charge in [0.25, 0.3) is 5.91 Å². The molecule has 0 heterocycles. The van der Waals surface area contributed by atoms with E-state index in [-0.39, 0.29) is 5.91 Å². The summed E-state index contributed by atoms with van der Waals surface area (Å²) in [5.74, 6) is 0.502. The molecule has 0 aliphatic heterocycles. The standard InChI is InChI=1S/C17H17ClN2O2/c1-3-22-15-8-5-13(6-9-15)11-19-20-17(21)14-7-4-12(2)16(18)10-14/h4-11H,3H2,1-2H3,(H,20,21)/b19-11+. The highest BCUT2D eigenvalue weighted by atomic mass is 35.5. The Balaban J connectivity index is 1.96. The van der Waals surface area contributed by atoms with Gasteiger partial charge in [0.2, 0.25) is 0 Å². The maximum atomic E-state index is 11.9. The fourth-order valence-corrected chi connectivity index (χ4v) is 1.96. The van der Waals surface area contributed by atoms with Gasteiger partial charge in [-0.25, -0.2) is 5.43 Å². The number of amides is 1. The maximum Gasteiger partial charge on any atom is 0.271 e. The first kappa shape index (κ1) is 16.0. The number of hydrogen-bond acceptors (Lipinski definition) is 3. The van der Waals surface area contributed by atoms with Crippen LogP contribution in [0.1, 0.15) is 28.4 Å². The summed E-state index contributed by atoms with van der Waals surface area (Å²) < 4.78 is 5.36. The summed E-state index contributed by atoms with van der Waals surface area (Å²) in [5.41, 5.74) is 4.74. The Morgan fingerprint density at radius 3 is 2.64 bits per heavy atom. The van der Waals surface area contributed by atoms with Gasteiger partial charge in [0.15, 0.2) is 0 Å². The van der Waals surface area contributed by atoms with Crippen molar-refractivity contribution in [2.24, 2.45) is 5.10 Å². The molecule has 0 atom stereocenters. The molecule has 1 amide bonds. The molecular weight excluding hydrogens is 300 g/mol. The van der Waals surface area contributed by atoms with Crippen molar-refractivity contribution >= 4 is 23.7 Å². The average Bonchev–Trinajstić information content (AvgIpc) is 2.52. The molecule has 0 bridgehead atoms. The van der Waals surface area contributed by atoms with E-state index >= 15 is 0 Å². The van der Waals surface area contributed by atoms with Crippen LogP contribution in [0.15, 0.2) is 47.6 Å². The van der Waals surface area contributed by atoms with Gasteiger partial charge in [-0.3, -0.25) is 4.79 Å². The summed E-state index contributed by atoms with van der Waals surface area (Å²) in [4.78, 5) is 11.9. The number of ether oxygens (including phenoxy) is 1. The number of benzene rings is 2. The molecule has 0 aliphatic carbocycles. The van der Waals surface area contributed by atoms with E-state index in [1.54, 1.807) is 24.4 Å². The van der Waals surface area contributed by atoms with E-state index in [0.717, 1.165) is 16.9 Å². The molecular formula is C17H17ClN2O2.